The topological polar surface area (TPSA) is 75.6 Å². The normalized spacial score (nSPS) is 24.1. The van der Waals surface area contributed by atoms with Crippen LogP contribution in [0.3, 0.4) is 0 Å². The summed E-state index contributed by atoms with van der Waals surface area (Å²) in [6.07, 6.45) is 0.995. The van der Waals surface area contributed by atoms with Crippen molar-refractivity contribution in [3.63, 3.8) is 0 Å². The second-order valence-electron chi connectivity index (χ2n) is 6.84. The van der Waals surface area contributed by atoms with Crippen LogP contribution in [0.5, 0.6) is 5.75 Å². The molecule has 1 aliphatic carbocycles. The minimum atomic E-state index is -1.86. The van der Waals surface area contributed by atoms with Gasteiger partial charge in [0, 0.05) is 21.3 Å². The van der Waals surface area contributed by atoms with Crippen LogP contribution in [0.4, 0.5) is 5.69 Å². The summed E-state index contributed by atoms with van der Waals surface area (Å²) < 4.78 is 6.09. The van der Waals surface area contributed by atoms with E-state index in [9.17, 15) is 14.7 Å². The van der Waals surface area contributed by atoms with Crippen molar-refractivity contribution in [3.8, 4) is 5.75 Å². The summed E-state index contributed by atoms with van der Waals surface area (Å²) in [7, 11) is 1.60. The van der Waals surface area contributed by atoms with Crippen LogP contribution in [-0.2, 0) is 16.8 Å². The molecule has 2 aliphatic rings. The maximum Gasteiger partial charge on any atom is 0.261 e. The number of halogens is 1. The van der Waals surface area contributed by atoms with Gasteiger partial charge < -0.3 is 15.2 Å². The van der Waals surface area contributed by atoms with Crippen molar-refractivity contribution in [2.45, 2.75) is 25.4 Å². The van der Waals surface area contributed by atoms with Crippen LogP contribution in [0.15, 0.2) is 34.8 Å². The van der Waals surface area contributed by atoms with Gasteiger partial charge in [-0.15, -0.1) is 0 Å². The summed E-state index contributed by atoms with van der Waals surface area (Å²) in [5.41, 5.74) is 1.44. The molecule has 2 aromatic rings. The number of aryl methyl sites for hydroxylation is 2. The number of methoxy groups -OCH3 is 1. The van der Waals surface area contributed by atoms with E-state index in [2.05, 4.69) is 21.2 Å². The molecule has 0 fully saturated rings. The molecule has 0 unspecified atom stereocenters. The van der Waals surface area contributed by atoms with E-state index in [1.165, 1.54) is 0 Å². The predicted molar refractivity (Wildman–Crippen MR) is 101 cm³/mol. The Morgan fingerprint density at radius 3 is 2.77 bits per heavy atom. The summed E-state index contributed by atoms with van der Waals surface area (Å²) in [6, 6.07) is 8.89. The third-order valence-electron chi connectivity index (χ3n) is 5.40. The minimum absolute atomic E-state index is 0.206. The molecule has 0 aromatic heterocycles. The second-order valence-corrected chi connectivity index (χ2v) is 7.76. The summed E-state index contributed by atoms with van der Waals surface area (Å²) in [4.78, 5) is 25.8. The van der Waals surface area contributed by atoms with Crippen molar-refractivity contribution in [2.24, 2.45) is 5.92 Å². The molecule has 2 N–H and O–H groups in total. The number of aliphatic hydroxyl groups is 1. The lowest BCUT2D eigenvalue weighted by Crippen LogP contribution is -2.47. The van der Waals surface area contributed by atoms with E-state index in [1.54, 1.807) is 31.4 Å². The second kappa shape index (κ2) is 5.93. The first-order chi connectivity index (χ1) is 12.4. The molecular formula is C20H18BrNO4. The highest BCUT2D eigenvalue weighted by molar-refractivity contribution is 9.10. The number of carbonyl (C=O) groups is 2. The smallest absolute Gasteiger partial charge is 0.261 e. The predicted octanol–water partition coefficient (Wildman–Crippen LogP) is 3.35. The van der Waals surface area contributed by atoms with Gasteiger partial charge in [0.15, 0.2) is 11.4 Å². The van der Waals surface area contributed by atoms with Gasteiger partial charge >= 0.3 is 0 Å². The molecular weight excluding hydrogens is 398 g/mol. The summed E-state index contributed by atoms with van der Waals surface area (Å²) >= 11 is 3.38. The van der Waals surface area contributed by atoms with Crippen molar-refractivity contribution >= 4 is 33.3 Å². The monoisotopic (exact) mass is 415 g/mol. The molecule has 26 heavy (non-hydrogen) atoms. The van der Waals surface area contributed by atoms with Crippen molar-refractivity contribution in [1.29, 1.82) is 0 Å². The Balaban J connectivity index is 1.81. The first kappa shape index (κ1) is 17.2. The zero-order chi connectivity index (χ0) is 18.6. The molecule has 134 valence electrons. The minimum Gasteiger partial charge on any atom is -0.496 e. The molecule has 1 heterocycles. The molecule has 5 nitrogen and oxygen atoms in total. The zero-order valence-corrected chi connectivity index (χ0v) is 16.0. The molecule has 0 saturated carbocycles. The van der Waals surface area contributed by atoms with Crippen LogP contribution in [0.25, 0.3) is 0 Å². The van der Waals surface area contributed by atoms with Crippen LogP contribution in [0.2, 0.25) is 0 Å². The van der Waals surface area contributed by atoms with E-state index in [0.29, 0.717) is 29.7 Å². The molecule has 0 spiro atoms. The number of amides is 1. The quantitative estimate of drug-likeness (QED) is 0.788. The highest BCUT2D eigenvalue weighted by Gasteiger charge is 2.54. The lowest BCUT2D eigenvalue weighted by atomic mass is 9.71. The van der Waals surface area contributed by atoms with E-state index in [1.807, 2.05) is 13.0 Å². The fourth-order valence-corrected chi connectivity index (χ4v) is 4.39. The fraction of sp³-hybridized carbons (Fsp3) is 0.300. The van der Waals surface area contributed by atoms with Gasteiger partial charge in [-0.05, 0) is 61.2 Å². The first-order valence-electron chi connectivity index (χ1n) is 8.42. The number of ether oxygens (including phenoxy) is 1. The Bertz CT molecular complexity index is 955. The lowest BCUT2D eigenvalue weighted by Gasteiger charge is -2.34. The highest BCUT2D eigenvalue weighted by Crippen LogP contribution is 2.47. The Labute approximate surface area is 159 Å². The number of hydrogen-bond acceptors (Lipinski definition) is 4. The number of benzene rings is 2. The molecule has 2 atom stereocenters. The molecule has 4 rings (SSSR count). The van der Waals surface area contributed by atoms with Crippen LogP contribution in [0, 0.1) is 12.8 Å². The number of anilines is 1. The van der Waals surface area contributed by atoms with Crippen LogP contribution in [-0.4, -0.2) is 23.9 Å². The number of rotatable bonds is 2. The van der Waals surface area contributed by atoms with Gasteiger partial charge in [0.25, 0.3) is 5.91 Å². The number of Topliss-reactive ketones (excluding diaryl/α,β-unsaturated/α-hetero) is 1. The highest BCUT2D eigenvalue weighted by atomic mass is 79.9. The Morgan fingerprint density at radius 1 is 1.27 bits per heavy atom. The van der Waals surface area contributed by atoms with Gasteiger partial charge in [0.05, 0.1) is 13.0 Å². The molecule has 6 heteroatoms. The van der Waals surface area contributed by atoms with Crippen molar-refractivity contribution in [3.05, 3.63) is 57.1 Å². The zero-order valence-electron chi connectivity index (χ0n) is 14.4. The summed E-state index contributed by atoms with van der Waals surface area (Å²) in [5.74, 6) is -0.833. The van der Waals surface area contributed by atoms with Gasteiger partial charge in [-0.1, -0.05) is 15.9 Å². The maximum absolute atomic E-state index is 13.2. The largest absolute Gasteiger partial charge is 0.496 e. The Morgan fingerprint density at radius 2 is 2.04 bits per heavy atom. The van der Waals surface area contributed by atoms with Crippen molar-refractivity contribution in [1.82, 2.24) is 0 Å². The number of hydrogen-bond donors (Lipinski definition) is 2. The van der Waals surface area contributed by atoms with Crippen molar-refractivity contribution < 1.29 is 19.4 Å². The van der Waals surface area contributed by atoms with Crippen LogP contribution >= 0.6 is 15.9 Å². The van der Waals surface area contributed by atoms with E-state index < -0.39 is 17.4 Å². The van der Waals surface area contributed by atoms with Crippen LogP contribution < -0.4 is 10.1 Å². The molecule has 0 bridgehead atoms. The molecule has 2 aromatic carbocycles. The number of fused-ring (bicyclic) bond motifs is 2. The molecule has 1 amide bonds. The molecule has 1 aliphatic heterocycles. The molecule has 0 radical (unpaired) electrons. The third-order valence-corrected chi connectivity index (χ3v) is 5.89. The van der Waals surface area contributed by atoms with Crippen LogP contribution in [0.1, 0.15) is 33.5 Å². The Kier molecular flexibility index (Phi) is 3.93. The average molecular weight is 416 g/mol. The fourth-order valence-electron chi connectivity index (χ4n) is 4.03. The number of ketones is 1. The maximum atomic E-state index is 13.2. The van der Waals surface area contributed by atoms with Gasteiger partial charge in [0.1, 0.15) is 5.75 Å². The molecule has 0 saturated heterocycles. The van der Waals surface area contributed by atoms with Gasteiger partial charge in [0.2, 0.25) is 0 Å². The number of nitrogens with one attached hydrogen (secondary N) is 1. The summed E-state index contributed by atoms with van der Waals surface area (Å²) in [6.45, 7) is 1.87. The summed E-state index contributed by atoms with van der Waals surface area (Å²) in [5, 5.41) is 14.1. The van der Waals surface area contributed by atoms with Gasteiger partial charge in [-0.25, -0.2) is 0 Å². The third kappa shape index (κ3) is 2.32. The van der Waals surface area contributed by atoms with E-state index in [4.69, 9.17) is 4.74 Å². The number of carbonyl (C=O) groups excluding carboxylic acids is 2. The SMILES string of the molecule is COc1cc2c(cc1C)C(=O)[C@H]([C@@]1(O)C(=O)Nc3ccc(Br)cc31)CC2. The average Bonchev–Trinajstić information content (AvgIpc) is 2.87. The standard InChI is InChI=1S/C20H18BrNO4/c1-10-7-13-11(8-17(10)26-2)3-5-14(18(13)23)20(25)15-9-12(21)4-6-16(15)22-19(20)24/h4,6-9,14,25H,3,5H2,1-2H3,(H,22,24)/t14-,20+/m1/s1. The Hall–Kier alpha value is -2.18. The van der Waals surface area contributed by atoms with E-state index >= 15 is 0 Å². The lowest BCUT2D eigenvalue weighted by molar-refractivity contribution is -0.138. The van der Waals surface area contributed by atoms with Gasteiger partial charge in [-0.3, -0.25) is 9.59 Å². The van der Waals surface area contributed by atoms with Crippen molar-refractivity contribution in [2.75, 3.05) is 12.4 Å². The van der Waals surface area contributed by atoms with Gasteiger partial charge in [-0.2, -0.15) is 0 Å². The van der Waals surface area contributed by atoms with E-state index in [0.717, 1.165) is 21.3 Å². The van der Waals surface area contributed by atoms with E-state index in [-0.39, 0.29) is 5.78 Å². The first-order valence-corrected chi connectivity index (χ1v) is 9.21.